The number of rotatable bonds is 2. The third-order valence-corrected chi connectivity index (χ3v) is 3.08. The zero-order valence-electron chi connectivity index (χ0n) is 9.47. The van der Waals surface area contributed by atoms with Gasteiger partial charge >= 0.3 is 0 Å². The van der Waals surface area contributed by atoms with Crippen molar-refractivity contribution >= 4 is 23.6 Å². The monoisotopic (exact) mass is 250 g/mol. The summed E-state index contributed by atoms with van der Waals surface area (Å²) in [6, 6.07) is 7.49. The molecule has 0 bridgehead atoms. The van der Waals surface area contributed by atoms with Crippen molar-refractivity contribution in [1.29, 1.82) is 0 Å². The van der Waals surface area contributed by atoms with Crippen LogP contribution >= 0.6 is 11.6 Å². The summed E-state index contributed by atoms with van der Waals surface area (Å²) >= 11 is 5.78. The Balaban J connectivity index is 1.96. The smallest absolute Gasteiger partial charge is 0.246 e. The van der Waals surface area contributed by atoms with E-state index in [0.29, 0.717) is 11.6 Å². The summed E-state index contributed by atoms with van der Waals surface area (Å²) in [7, 11) is 0. The normalized spacial score (nSPS) is 20.1. The molecule has 4 heteroatoms. The molecular formula is C13H15ClN2O. The van der Waals surface area contributed by atoms with Gasteiger partial charge in [-0.1, -0.05) is 23.7 Å². The minimum Gasteiger partial charge on any atom is -0.338 e. The summed E-state index contributed by atoms with van der Waals surface area (Å²) < 4.78 is 0. The molecule has 1 amide bonds. The predicted molar refractivity (Wildman–Crippen MR) is 69.7 cm³/mol. The maximum atomic E-state index is 11.8. The summed E-state index contributed by atoms with van der Waals surface area (Å²) in [5, 5.41) is 0.694. The van der Waals surface area contributed by atoms with Gasteiger partial charge in [-0.05, 0) is 30.2 Å². The first-order valence-electron chi connectivity index (χ1n) is 5.63. The molecule has 90 valence electrons. The van der Waals surface area contributed by atoms with E-state index in [9.17, 15) is 4.79 Å². The molecule has 0 unspecified atom stereocenters. The number of nitrogens with zero attached hydrogens (tertiary/aromatic N) is 1. The molecule has 2 rings (SSSR count). The van der Waals surface area contributed by atoms with Crippen LogP contribution in [0.5, 0.6) is 0 Å². The first-order valence-corrected chi connectivity index (χ1v) is 6.01. The van der Waals surface area contributed by atoms with E-state index in [1.165, 1.54) is 0 Å². The van der Waals surface area contributed by atoms with Gasteiger partial charge in [-0.15, -0.1) is 0 Å². The van der Waals surface area contributed by atoms with Crippen LogP contribution in [0.1, 0.15) is 12.0 Å². The van der Waals surface area contributed by atoms with E-state index in [-0.39, 0.29) is 11.9 Å². The van der Waals surface area contributed by atoms with Crippen molar-refractivity contribution in [3.05, 3.63) is 40.9 Å². The van der Waals surface area contributed by atoms with Crippen molar-refractivity contribution in [1.82, 2.24) is 4.90 Å². The van der Waals surface area contributed by atoms with E-state index in [1.807, 2.05) is 12.1 Å². The van der Waals surface area contributed by atoms with E-state index in [0.717, 1.165) is 18.5 Å². The molecule has 0 saturated carbocycles. The average molecular weight is 251 g/mol. The summed E-state index contributed by atoms with van der Waals surface area (Å²) in [4.78, 5) is 13.6. The van der Waals surface area contributed by atoms with E-state index < -0.39 is 0 Å². The second-order valence-electron chi connectivity index (χ2n) is 4.22. The molecule has 1 atom stereocenters. The number of benzene rings is 1. The lowest BCUT2D eigenvalue weighted by atomic mass is 10.2. The number of amides is 1. The highest BCUT2D eigenvalue weighted by Gasteiger charge is 2.21. The average Bonchev–Trinajstić information content (AvgIpc) is 2.75. The number of hydrogen-bond acceptors (Lipinski definition) is 2. The SMILES string of the molecule is N[C@H]1CCN(C(=O)/C=C\c2ccc(Cl)cc2)C1. The number of nitrogens with two attached hydrogens (primary N) is 1. The van der Waals surface area contributed by atoms with Crippen LogP contribution in [0.25, 0.3) is 6.08 Å². The van der Waals surface area contributed by atoms with Crippen LogP contribution < -0.4 is 5.73 Å². The predicted octanol–water partition coefficient (Wildman–Crippen LogP) is 1.91. The summed E-state index contributed by atoms with van der Waals surface area (Å²) in [5.41, 5.74) is 6.72. The molecule has 1 aromatic rings. The molecule has 0 radical (unpaired) electrons. The first-order chi connectivity index (χ1) is 8.15. The Kier molecular flexibility index (Phi) is 3.82. The van der Waals surface area contributed by atoms with Crippen molar-refractivity contribution in [2.75, 3.05) is 13.1 Å². The molecule has 0 spiro atoms. The maximum absolute atomic E-state index is 11.8. The summed E-state index contributed by atoms with van der Waals surface area (Å²) in [6.45, 7) is 1.41. The van der Waals surface area contributed by atoms with Gasteiger partial charge in [0.2, 0.25) is 5.91 Å². The zero-order chi connectivity index (χ0) is 12.3. The van der Waals surface area contributed by atoms with Crippen LogP contribution in [0.15, 0.2) is 30.3 Å². The van der Waals surface area contributed by atoms with Gasteiger partial charge in [0, 0.05) is 30.2 Å². The Hall–Kier alpha value is -1.32. The summed E-state index contributed by atoms with van der Waals surface area (Å²) in [6.07, 6.45) is 4.27. The largest absolute Gasteiger partial charge is 0.338 e. The number of hydrogen-bond donors (Lipinski definition) is 1. The third kappa shape index (κ3) is 3.32. The van der Waals surface area contributed by atoms with Crippen LogP contribution in [-0.2, 0) is 4.79 Å². The highest BCUT2D eigenvalue weighted by molar-refractivity contribution is 6.30. The molecule has 1 fully saturated rings. The lowest BCUT2D eigenvalue weighted by molar-refractivity contribution is -0.124. The minimum absolute atomic E-state index is 0.0212. The number of carbonyl (C=O) groups excluding carboxylic acids is 1. The molecule has 17 heavy (non-hydrogen) atoms. The van der Waals surface area contributed by atoms with Crippen LogP contribution in [0.3, 0.4) is 0 Å². The fourth-order valence-electron chi connectivity index (χ4n) is 1.83. The molecule has 1 aliphatic rings. The Bertz CT molecular complexity index is 428. The number of carbonyl (C=O) groups is 1. The molecular weight excluding hydrogens is 236 g/mol. The Morgan fingerprint density at radius 2 is 2.12 bits per heavy atom. The van der Waals surface area contributed by atoms with Gasteiger partial charge in [0.15, 0.2) is 0 Å². The van der Waals surface area contributed by atoms with Gasteiger partial charge in [0.05, 0.1) is 0 Å². The van der Waals surface area contributed by atoms with E-state index in [2.05, 4.69) is 0 Å². The van der Waals surface area contributed by atoms with Crippen molar-refractivity contribution < 1.29 is 4.79 Å². The highest BCUT2D eigenvalue weighted by Crippen LogP contribution is 2.12. The van der Waals surface area contributed by atoms with Gasteiger partial charge < -0.3 is 10.6 Å². The van der Waals surface area contributed by atoms with Crippen molar-refractivity contribution in [2.24, 2.45) is 5.73 Å². The Labute approximate surface area is 106 Å². The van der Waals surface area contributed by atoms with Crippen molar-refractivity contribution in [2.45, 2.75) is 12.5 Å². The first kappa shape index (κ1) is 12.1. The van der Waals surface area contributed by atoms with Gasteiger partial charge in [0.25, 0.3) is 0 Å². The van der Waals surface area contributed by atoms with Crippen LogP contribution in [0, 0.1) is 0 Å². The topological polar surface area (TPSA) is 46.3 Å². The highest BCUT2D eigenvalue weighted by atomic mass is 35.5. The standard InChI is InChI=1S/C13H15ClN2O/c14-11-4-1-10(2-5-11)3-6-13(17)16-8-7-12(15)9-16/h1-6,12H,7-9,15H2/b6-3-/t12-/m0/s1. The molecule has 1 heterocycles. The quantitative estimate of drug-likeness (QED) is 0.815. The second-order valence-corrected chi connectivity index (χ2v) is 4.65. The molecule has 2 N–H and O–H groups in total. The lowest BCUT2D eigenvalue weighted by Gasteiger charge is -2.12. The van der Waals surface area contributed by atoms with Gasteiger partial charge in [0.1, 0.15) is 0 Å². The van der Waals surface area contributed by atoms with Crippen molar-refractivity contribution in [3.8, 4) is 0 Å². The number of halogens is 1. The fourth-order valence-corrected chi connectivity index (χ4v) is 1.96. The fraction of sp³-hybridized carbons (Fsp3) is 0.308. The maximum Gasteiger partial charge on any atom is 0.246 e. The third-order valence-electron chi connectivity index (χ3n) is 2.82. The van der Waals surface area contributed by atoms with Crippen LogP contribution in [0.2, 0.25) is 5.02 Å². The minimum atomic E-state index is 0.0212. The lowest BCUT2D eigenvalue weighted by Crippen LogP contribution is -2.30. The Morgan fingerprint density at radius 1 is 1.41 bits per heavy atom. The van der Waals surface area contributed by atoms with Gasteiger partial charge in [-0.3, -0.25) is 4.79 Å². The van der Waals surface area contributed by atoms with E-state index in [4.69, 9.17) is 17.3 Å². The van der Waals surface area contributed by atoms with Crippen LogP contribution in [0.4, 0.5) is 0 Å². The summed E-state index contributed by atoms with van der Waals surface area (Å²) in [5.74, 6) is 0.0212. The molecule has 3 nitrogen and oxygen atoms in total. The molecule has 1 aromatic carbocycles. The number of likely N-dealkylation sites (tertiary alicyclic amines) is 1. The Morgan fingerprint density at radius 3 is 2.71 bits per heavy atom. The zero-order valence-corrected chi connectivity index (χ0v) is 10.2. The van der Waals surface area contributed by atoms with Gasteiger partial charge in [-0.25, -0.2) is 0 Å². The molecule has 1 saturated heterocycles. The molecule has 1 aliphatic heterocycles. The van der Waals surface area contributed by atoms with Crippen molar-refractivity contribution in [3.63, 3.8) is 0 Å². The molecule has 0 aromatic heterocycles. The van der Waals surface area contributed by atoms with E-state index in [1.54, 1.807) is 29.2 Å². The second kappa shape index (κ2) is 5.34. The van der Waals surface area contributed by atoms with E-state index >= 15 is 0 Å². The molecule has 0 aliphatic carbocycles. The van der Waals surface area contributed by atoms with Crippen LogP contribution in [-0.4, -0.2) is 29.9 Å². The van der Waals surface area contributed by atoms with Gasteiger partial charge in [-0.2, -0.15) is 0 Å².